The first-order chi connectivity index (χ1) is 15.9. The number of hydrogen-bond acceptors (Lipinski definition) is 6. The molecule has 9 nitrogen and oxygen atoms in total. The Kier molecular flexibility index (Phi) is 5.63. The molecule has 1 fully saturated rings. The smallest absolute Gasteiger partial charge is 0.414 e. The van der Waals surface area contributed by atoms with E-state index in [-0.39, 0.29) is 24.1 Å². The zero-order valence-electron chi connectivity index (χ0n) is 17.3. The predicted octanol–water partition coefficient (Wildman–Crippen LogP) is 3.19. The topological polar surface area (TPSA) is 114 Å². The van der Waals surface area contributed by atoms with Crippen LogP contribution in [0.5, 0.6) is 0 Å². The molecule has 1 saturated heterocycles. The van der Waals surface area contributed by atoms with Crippen LogP contribution in [0.25, 0.3) is 10.9 Å². The fourth-order valence-corrected chi connectivity index (χ4v) is 4.99. The van der Waals surface area contributed by atoms with Crippen molar-refractivity contribution in [2.24, 2.45) is 0 Å². The Hall–Kier alpha value is -3.24. The third-order valence-corrected chi connectivity index (χ3v) is 6.94. The summed E-state index contributed by atoms with van der Waals surface area (Å²) >= 11 is 7.39. The normalized spacial score (nSPS) is 17.7. The zero-order chi connectivity index (χ0) is 23.1. The van der Waals surface area contributed by atoms with E-state index in [9.17, 15) is 19.2 Å². The summed E-state index contributed by atoms with van der Waals surface area (Å²) in [5, 5.41) is 3.64. The number of carbonyl (C=O) groups excluding carboxylic acids is 2. The molecule has 1 atom stereocenters. The highest BCUT2D eigenvalue weighted by Gasteiger charge is 2.32. The van der Waals surface area contributed by atoms with Gasteiger partial charge in [0.1, 0.15) is 6.10 Å². The maximum atomic E-state index is 12.7. The number of hydrogen-bond donors (Lipinski definition) is 2. The van der Waals surface area contributed by atoms with Crippen LogP contribution in [0.3, 0.4) is 0 Å². The molecule has 2 N–H and O–H groups in total. The molecule has 0 bridgehead atoms. The van der Waals surface area contributed by atoms with E-state index in [2.05, 4.69) is 10.3 Å². The molecule has 1 unspecified atom stereocenters. The maximum absolute atomic E-state index is 12.7. The van der Waals surface area contributed by atoms with E-state index < -0.39 is 11.8 Å². The highest BCUT2D eigenvalue weighted by Crippen LogP contribution is 2.35. The monoisotopic (exact) mass is 486 g/mol. The van der Waals surface area contributed by atoms with E-state index in [0.29, 0.717) is 52.4 Å². The summed E-state index contributed by atoms with van der Waals surface area (Å²) in [6, 6.07) is 10.2. The van der Waals surface area contributed by atoms with Gasteiger partial charge in [0.2, 0.25) is 5.91 Å². The van der Waals surface area contributed by atoms with E-state index >= 15 is 0 Å². The van der Waals surface area contributed by atoms with Crippen molar-refractivity contribution in [1.82, 2.24) is 9.55 Å². The quantitative estimate of drug-likeness (QED) is 0.572. The number of rotatable bonds is 5. The Balaban J connectivity index is 1.25. The standard InChI is InChI=1S/C22H19ClN4O5S/c23-12-3-5-15-16(8-12)25-21(30)26(20(15)29)7-1-2-14-10-27(22(31)32-14)13-4-6-18-17(9-13)24-19(28)11-33-18/h3-6,8-9,14H,1-2,7,10-11H2,(H,24,28)(H,25,30). The van der Waals surface area contributed by atoms with E-state index in [1.54, 1.807) is 24.3 Å². The lowest BCUT2D eigenvalue weighted by Gasteiger charge is -2.20. The van der Waals surface area contributed by atoms with Crippen molar-refractivity contribution in [2.45, 2.75) is 30.4 Å². The fourth-order valence-electron chi connectivity index (χ4n) is 4.03. The van der Waals surface area contributed by atoms with Crippen LogP contribution >= 0.6 is 23.4 Å². The van der Waals surface area contributed by atoms with Gasteiger partial charge >= 0.3 is 11.8 Å². The number of carbonyl (C=O) groups is 2. The third-order valence-electron chi connectivity index (χ3n) is 5.63. The minimum absolute atomic E-state index is 0.0754. The van der Waals surface area contributed by atoms with Crippen LogP contribution in [0.1, 0.15) is 12.8 Å². The molecule has 1 aromatic heterocycles. The van der Waals surface area contributed by atoms with Crippen molar-refractivity contribution in [3.05, 3.63) is 62.3 Å². The number of fused-ring (bicyclic) bond motifs is 2. The molecule has 2 amide bonds. The van der Waals surface area contributed by atoms with Crippen LogP contribution in [0.2, 0.25) is 5.02 Å². The number of halogens is 1. The molecule has 0 aliphatic carbocycles. The highest BCUT2D eigenvalue weighted by atomic mass is 35.5. The van der Waals surface area contributed by atoms with Gasteiger partial charge in [0, 0.05) is 22.2 Å². The van der Waals surface area contributed by atoms with Crippen molar-refractivity contribution in [3.8, 4) is 0 Å². The number of nitrogens with zero attached hydrogens (tertiary/aromatic N) is 2. The van der Waals surface area contributed by atoms with Crippen LogP contribution in [0, 0.1) is 0 Å². The third kappa shape index (κ3) is 4.23. The molecule has 2 aromatic carbocycles. The molecule has 33 heavy (non-hydrogen) atoms. The highest BCUT2D eigenvalue weighted by molar-refractivity contribution is 8.00. The Labute approximate surface area is 196 Å². The first-order valence-corrected chi connectivity index (χ1v) is 11.7. The van der Waals surface area contributed by atoms with Gasteiger partial charge in [0.25, 0.3) is 5.56 Å². The van der Waals surface area contributed by atoms with Crippen molar-refractivity contribution < 1.29 is 14.3 Å². The number of ether oxygens (including phenoxy) is 1. The molecular weight excluding hydrogens is 468 g/mol. The summed E-state index contributed by atoms with van der Waals surface area (Å²) in [5.41, 5.74) is 0.832. The van der Waals surface area contributed by atoms with E-state index in [1.165, 1.54) is 16.7 Å². The summed E-state index contributed by atoms with van der Waals surface area (Å²) < 4.78 is 6.63. The summed E-state index contributed by atoms with van der Waals surface area (Å²) in [6.07, 6.45) is 0.133. The SMILES string of the molecule is O=C1CSc2ccc(N3CC(CCCn4c(=O)[nH]c5cc(Cl)ccc5c4=O)OC3=O)cc2N1. The van der Waals surface area contributed by atoms with Gasteiger partial charge in [0.05, 0.1) is 28.9 Å². The van der Waals surface area contributed by atoms with Crippen LogP contribution in [-0.2, 0) is 16.1 Å². The molecule has 11 heteroatoms. The van der Waals surface area contributed by atoms with Crippen LogP contribution < -0.4 is 21.5 Å². The van der Waals surface area contributed by atoms with Crippen LogP contribution in [-0.4, -0.2) is 40.0 Å². The second kappa shape index (κ2) is 8.60. The summed E-state index contributed by atoms with van der Waals surface area (Å²) in [7, 11) is 0. The zero-order valence-corrected chi connectivity index (χ0v) is 18.9. The first-order valence-electron chi connectivity index (χ1n) is 10.4. The number of anilines is 2. The molecule has 0 radical (unpaired) electrons. The van der Waals surface area contributed by atoms with Gasteiger partial charge < -0.3 is 15.0 Å². The molecule has 0 spiro atoms. The van der Waals surface area contributed by atoms with Crippen molar-refractivity contribution >= 4 is 57.6 Å². The Morgan fingerprint density at radius 1 is 1.12 bits per heavy atom. The summed E-state index contributed by atoms with van der Waals surface area (Å²) in [6.45, 7) is 0.545. The van der Waals surface area contributed by atoms with Gasteiger partial charge in [-0.15, -0.1) is 11.8 Å². The Bertz CT molecular complexity index is 1400. The largest absolute Gasteiger partial charge is 0.444 e. The minimum atomic E-state index is -0.506. The molecule has 3 heterocycles. The predicted molar refractivity (Wildman–Crippen MR) is 126 cm³/mol. The van der Waals surface area contributed by atoms with Gasteiger partial charge in [0.15, 0.2) is 0 Å². The number of nitrogens with one attached hydrogen (secondary N) is 2. The minimum Gasteiger partial charge on any atom is -0.444 e. The average molecular weight is 487 g/mol. The van der Waals surface area contributed by atoms with Crippen molar-refractivity contribution in [1.29, 1.82) is 0 Å². The van der Waals surface area contributed by atoms with Crippen molar-refractivity contribution in [2.75, 3.05) is 22.5 Å². The number of thioether (sulfide) groups is 1. The van der Waals surface area contributed by atoms with E-state index in [4.69, 9.17) is 16.3 Å². The second-order valence-electron chi connectivity index (χ2n) is 7.85. The Morgan fingerprint density at radius 2 is 1.97 bits per heavy atom. The number of benzene rings is 2. The number of aromatic nitrogens is 2. The average Bonchev–Trinajstić information content (AvgIpc) is 3.15. The summed E-state index contributed by atoms with van der Waals surface area (Å²) in [5.74, 6) is 0.297. The van der Waals surface area contributed by atoms with Crippen LogP contribution in [0.15, 0.2) is 50.9 Å². The molecular formula is C22H19ClN4O5S. The fraction of sp³-hybridized carbons (Fsp3) is 0.273. The molecule has 170 valence electrons. The maximum Gasteiger partial charge on any atom is 0.414 e. The summed E-state index contributed by atoms with van der Waals surface area (Å²) in [4.78, 5) is 54.3. The molecule has 5 rings (SSSR count). The first kappa shape index (κ1) is 21.6. The number of cyclic esters (lactones) is 1. The number of aromatic amines is 1. The van der Waals surface area contributed by atoms with E-state index in [0.717, 1.165) is 9.46 Å². The number of H-pyrrole nitrogens is 1. The molecule has 3 aromatic rings. The van der Waals surface area contributed by atoms with Gasteiger partial charge in [-0.3, -0.25) is 19.1 Å². The van der Waals surface area contributed by atoms with Gasteiger partial charge in [-0.2, -0.15) is 0 Å². The molecule has 0 saturated carbocycles. The Morgan fingerprint density at radius 3 is 2.82 bits per heavy atom. The lowest BCUT2D eigenvalue weighted by Crippen LogP contribution is -2.35. The van der Waals surface area contributed by atoms with Gasteiger partial charge in [-0.05, 0) is 49.2 Å². The van der Waals surface area contributed by atoms with E-state index in [1.807, 2.05) is 12.1 Å². The molecule has 2 aliphatic heterocycles. The number of amides is 2. The molecule has 2 aliphatic rings. The second-order valence-corrected chi connectivity index (χ2v) is 9.31. The van der Waals surface area contributed by atoms with Gasteiger partial charge in [-0.25, -0.2) is 9.59 Å². The lowest BCUT2D eigenvalue weighted by atomic mass is 10.2. The lowest BCUT2D eigenvalue weighted by molar-refractivity contribution is -0.113. The van der Waals surface area contributed by atoms with Crippen LogP contribution in [0.4, 0.5) is 16.2 Å². The van der Waals surface area contributed by atoms with Gasteiger partial charge in [-0.1, -0.05) is 11.6 Å². The van der Waals surface area contributed by atoms with Crippen molar-refractivity contribution in [3.63, 3.8) is 0 Å².